The summed E-state index contributed by atoms with van der Waals surface area (Å²) in [6.45, 7) is 1.96. The first-order chi connectivity index (χ1) is 13.0. The van der Waals surface area contributed by atoms with Crippen LogP contribution in [0, 0.1) is 23.3 Å². The monoisotopic (exact) mass is 368 g/mol. The summed E-state index contributed by atoms with van der Waals surface area (Å²) < 4.78 is 56.5. The van der Waals surface area contributed by atoms with Crippen LogP contribution in [0.15, 0.2) is 54.6 Å². The van der Waals surface area contributed by atoms with Crippen molar-refractivity contribution >= 4 is 21.5 Å². The predicted molar refractivity (Wildman–Crippen MR) is 101 cm³/mol. The SMILES string of the molecule is CCCc1ccc2c(cc(F)c3cc(-c4cc(F)cc(F)c4)ccc32)c1F. The zero-order chi connectivity index (χ0) is 19.1. The topological polar surface area (TPSA) is 0 Å². The normalized spacial score (nSPS) is 11.4. The van der Waals surface area contributed by atoms with E-state index in [9.17, 15) is 17.6 Å². The van der Waals surface area contributed by atoms with E-state index in [1.807, 2.05) is 6.92 Å². The fourth-order valence-corrected chi connectivity index (χ4v) is 3.56. The highest BCUT2D eigenvalue weighted by Crippen LogP contribution is 2.34. The molecule has 0 atom stereocenters. The highest BCUT2D eigenvalue weighted by atomic mass is 19.1. The highest BCUT2D eigenvalue weighted by molar-refractivity contribution is 6.09. The Bertz CT molecular complexity index is 1160. The molecule has 0 nitrogen and oxygen atoms in total. The largest absolute Gasteiger partial charge is 0.207 e. The molecule has 0 amide bonds. The molecule has 0 aliphatic heterocycles. The van der Waals surface area contributed by atoms with Crippen molar-refractivity contribution < 1.29 is 17.6 Å². The van der Waals surface area contributed by atoms with Crippen LogP contribution in [-0.2, 0) is 6.42 Å². The van der Waals surface area contributed by atoms with Gasteiger partial charge in [-0.1, -0.05) is 37.6 Å². The van der Waals surface area contributed by atoms with E-state index in [1.54, 1.807) is 24.3 Å². The Balaban J connectivity index is 1.96. The molecule has 0 unspecified atom stereocenters. The molecule has 27 heavy (non-hydrogen) atoms. The van der Waals surface area contributed by atoms with Gasteiger partial charge >= 0.3 is 0 Å². The molecule has 0 aliphatic rings. The summed E-state index contributed by atoms with van der Waals surface area (Å²) in [5.74, 6) is -2.36. The smallest absolute Gasteiger partial charge is 0.134 e. The van der Waals surface area contributed by atoms with Crippen LogP contribution in [0.2, 0.25) is 0 Å². The van der Waals surface area contributed by atoms with Gasteiger partial charge in [0.05, 0.1) is 0 Å². The molecule has 4 heteroatoms. The number of rotatable bonds is 3. The standard InChI is InChI=1S/C23H16F4/c1-2-3-13-4-6-19-18-7-5-14(15-8-16(24)11-17(25)9-15)10-20(18)22(26)12-21(19)23(13)27/h4-12H,2-3H2,1H3. The molecule has 0 saturated heterocycles. The second-order valence-corrected chi connectivity index (χ2v) is 6.66. The zero-order valence-electron chi connectivity index (χ0n) is 14.6. The lowest BCUT2D eigenvalue weighted by atomic mass is 9.95. The highest BCUT2D eigenvalue weighted by Gasteiger charge is 2.14. The predicted octanol–water partition coefficient (Wildman–Crippen LogP) is 7.17. The van der Waals surface area contributed by atoms with Gasteiger partial charge < -0.3 is 0 Å². The Kier molecular flexibility index (Phi) is 4.34. The lowest BCUT2D eigenvalue weighted by Crippen LogP contribution is -1.94. The quantitative estimate of drug-likeness (QED) is 0.266. The van der Waals surface area contributed by atoms with Gasteiger partial charge in [0.25, 0.3) is 0 Å². The Morgan fingerprint density at radius 1 is 0.630 bits per heavy atom. The van der Waals surface area contributed by atoms with Crippen LogP contribution < -0.4 is 0 Å². The summed E-state index contributed by atoms with van der Waals surface area (Å²) >= 11 is 0. The number of halogens is 4. The van der Waals surface area contributed by atoms with E-state index in [2.05, 4.69) is 0 Å². The molecule has 4 aromatic carbocycles. The number of fused-ring (bicyclic) bond motifs is 3. The average Bonchev–Trinajstić information content (AvgIpc) is 2.64. The van der Waals surface area contributed by atoms with E-state index in [0.29, 0.717) is 33.9 Å². The minimum Gasteiger partial charge on any atom is -0.207 e. The van der Waals surface area contributed by atoms with E-state index < -0.39 is 23.3 Å². The molecule has 0 aliphatic carbocycles. The average molecular weight is 368 g/mol. The van der Waals surface area contributed by atoms with Gasteiger partial charge in [0, 0.05) is 16.8 Å². The van der Waals surface area contributed by atoms with Crippen LogP contribution in [0.4, 0.5) is 17.6 Å². The van der Waals surface area contributed by atoms with Crippen LogP contribution in [0.1, 0.15) is 18.9 Å². The fourth-order valence-electron chi connectivity index (χ4n) is 3.56. The molecular formula is C23H16F4. The van der Waals surface area contributed by atoms with Gasteiger partial charge in [-0.05, 0) is 58.1 Å². The van der Waals surface area contributed by atoms with Crippen LogP contribution in [0.3, 0.4) is 0 Å². The van der Waals surface area contributed by atoms with Gasteiger partial charge in [-0.2, -0.15) is 0 Å². The van der Waals surface area contributed by atoms with Gasteiger partial charge in [0.2, 0.25) is 0 Å². The number of benzene rings is 4. The second kappa shape index (κ2) is 6.69. The van der Waals surface area contributed by atoms with Crippen LogP contribution in [0.5, 0.6) is 0 Å². The van der Waals surface area contributed by atoms with Crippen molar-refractivity contribution in [2.45, 2.75) is 19.8 Å². The third-order valence-electron chi connectivity index (χ3n) is 4.81. The summed E-state index contributed by atoms with van der Waals surface area (Å²) in [4.78, 5) is 0. The molecule has 0 spiro atoms. The molecule has 4 aromatic rings. The van der Waals surface area contributed by atoms with E-state index in [-0.39, 0.29) is 10.8 Å². The Hall–Kier alpha value is -2.88. The maximum absolute atomic E-state index is 14.8. The Morgan fingerprint density at radius 2 is 1.30 bits per heavy atom. The van der Waals surface area contributed by atoms with E-state index in [1.165, 1.54) is 24.3 Å². The first-order valence-electron chi connectivity index (χ1n) is 8.77. The van der Waals surface area contributed by atoms with Crippen LogP contribution >= 0.6 is 0 Å². The van der Waals surface area contributed by atoms with Gasteiger partial charge in [-0.15, -0.1) is 0 Å². The number of hydrogen-bond donors (Lipinski definition) is 0. The zero-order valence-corrected chi connectivity index (χ0v) is 14.6. The summed E-state index contributed by atoms with van der Waals surface area (Å²) in [6, 6.07) is 12.8. The molecule has 0 fully saturated rings. The van der Waals surface area contributed by atoms with Gasteiger partial charge in [-0.25, -0.2) is 17.6 Å². The van der Waals surface area contributed by atoms with Crippen molar-refractivity contribution in [2.24, 2.45) is 0 Å². The van der Waals surface area contributed by atoms with Gasteiger partial charge in [-0.3, -0.25) is 0 Å². The first-order valence-corrected chi connectivity index (χ1v) is 8.77. The lowest BCUT2D eigenvalue weighted by Gasteiger charge is -2.11. The molecule has 0 aromatic heterocycles. The first kappa shape index (κ1) is 17.5. The molecule has 0 N–H and O–H groups in total. The van der Waals surface area contributed by atoms with Gasteiger partial charge in [0.15, 0.2) is 0 Å². The molecular weight excluding hydrogens is 352 g/mol. The van der Waals surface area contributed by atoms with Crippen molar-refractivity contribution in [2.75, 3.05) is 0 Å². The van der Waals surface area contributed by atoms with Crippen molar-refractivity contribution in [3.8, 4) is 11.1 Å². The maximum Gasteiger partial charge on any atom is 0.134 e. The minimum atomic E-state index is -0.699. The maximum atomic E-state index is 14.8. The summed E-state index contributed by atoms with van der Waals surface area (Å²) in [5.41, 5.74) is 1.37. The molecule has 0 radical (unpaired) electrons. The summed E-state index contributed by atoms with van der Waals surface area (Å²) in [7, 11) is 0. The van der Waals surface area contributed by atoms with Crippen molar-refractivity contribution in [3.63, 3.8) is 0 Å². The third kappa shape index (κ3) is 3.05. The lowest BCUT2D eigenvalue weighted by molar-refractivity contribution is 0.584. The summed E-state index contributed by atoms with van der Waals surface area (Å²) in [6.07, 6.45) is 1.39. The van der Waals surface area contributed by atoms with Crippen molar-refractivity contribution in [3.05, 3.63) is 83.4 Å². The Labute approximate surface area is 154 Å². The molecule has 0 heterocycles. The third-order valence-corrected chi connectivity index (χ3v) is 4.81. The van der Waals surface area contributed by atoms with Crippen molar-refractivity contribution in [1.29, 1.82) is 0 Å². The van der Waals surface area contributed by atoms with E-state index >= 15 is 0 Å². The van der Waals surface area contributed by atoms with Crippen molar-refractivity contribution in [1.82, 2.24) is 0 Å². The summed E-state index contributed by atoms with van der Waals surface area (Å²) in [5, 5.41) is 1.70. The van der Waals surface area contributed by atoms with Gasteiger partial charge in [0.1, 0.15) is 23.3 Å². The molecule has 4 rings (SSSR count). The molecule has 0 saturated carbocycles. The fraction of sp³-hybridized carbons (Fsp3) is 0.130. The molecule has 136 valence electrons. The Morgan fingerprint density at radius 3 is 2.00 bits per heavy atom. The van der Waals surface area contributed by atoms with Crippen LogP contribution in [-0.4, -0.2) is 0 Å². The number of hydrogen-bond acceptors (Lipinski definition) is 0. The van der Waals surface area contributed by atoms with E-state index in [4.69, 9.17) is 0 Å². The number of aryl methyl sites for hydroxylation is 1. The minimum absolute atomic E-state index is 0.246. The van der Waals surface area contributed by atoms with Crippen LogP contribution in [0.25, 0.3) is 32.7 Å². The second-order valence-electron chi connectivity index (χ2n) is 6.66. The molecule has 0 bridgehead atoms. The van der Waals surface area contributed by atoms with E-state index in [0.717, 1.165) is 12.5 Å².